The minimum absolute atomic E-state index is 0.0162. The molecule has 3 unspecified atom stereocenters. The van der Waals surface area contributed by atoms with E-state index in [4.69, 9.17) is 0 Å². The van der Waals surface area contributed by atoms with Crippen LogP contribution in [-0.2, 0) is 0 Å². The zero-order chi connectivity index (χ0) is 8.28. The zero-order valence-electron chi connectivity index (χ0n) is 7.72. The lowest BCUT2D eigenvalue weighted by atomic mass is 9.66. The topological polar surface area (TPSA) is 20.2 Å². The van der Waals surface area contributed by atoms with Gasteiger partial charge in [0, 0.05) is 0 Å². The number of hydrogen-bond acceptors (Lipinski definition) is 1. The highest BCUT2D eigenvalue weighted by Crippen LogP contribution is 2.63. The Morgan fingerprint density at radius 1 is 1.27 bits per heavy atom. The van der Waals surface area contributed by atoms with Gasteiger partial charge in [0.1, 0.15) is 0 Å². The minimum atomic E-state index is -0.0162. The Morgan fingerprint density at radius 3 is 2.09 bits per heavy atom. The van der Waals surface area contributed by atoms with Gasteiger partial charge < -0.3 is 5.11 Å². The van der Waals surface area contributed by atoms with Crippen LogP contribution in [0.1, 0.15) is 40.0 Å². The second kappa shape index (κ2) is 1.82. The van der Waals surface area contributed by atoms with Crippen molar-refractivity contribution in [1.82, 2.24) is 0 Å². The van der Waals surface area contributed by atoms with E-state index in [2.05, 4.69) is 20.8 Å². The van der Waals surface area contributed by atoms with Crippen LogP contribution in [0.2, 0.25) is 0 Å². The molecule has 1 N–H and O–H groups in total. The van der Waals surface area contributed by atoms with Gasteiger partial charge in [-0.15, -0.1) is 0 Å². The molecule has 0 aromatic carbocycles. The van der Waals surface area contributed by atoms with E-state index in [1.165, 1.54) is 19.3 Å². The molecule has 0 heterocycles. The molecule has 0 spiro atoms. The highest BCUT2D eigenvalue weighted by molar-refractivity contribution is 5.09. The first kappa shape index (κ1) is 7.60. The van der Waals surface area contributed by atoms with Crippen molar-refractivity contribution in [1.29, 1.82) is 0 Å². The van der Waals surface area contributed by atoms with Crippen LogP contribution in [0.4, 0.5) is 0 Å². The van der Waals surface area contributed by atoms with E-state index in [-0.39, 0.29) is 11.5 Å². The molecule has 0 aliphatic heterocycles. The van der Waals surface area contributed by atoms with Gasteiger partial charge in [-0.1, -0.05) is 20.8 Å². The summed E-state index contributed by atoms with van der Waals surface area (Å²) in [6.07, 6.45) is 3.69. The summed E-state index contributed by atoms with van der Waals surface area (Å²) in [5.41, 5.74) is 0.590. The Balaban J connectivity index is 2.37. The molecule has 2 saturated carbocycles. The third-order valence-corrected chi connectivity index (χ3v) is 4.45. The molecule has 1 heteroatoms. The van der Waals surface area contributed by atoms with Crippen LogP contribution in [0.25, 0.3) is 0 Å². The van der Waals surface area contributed by atoms with Crippen molar-refractivity contribution in [3.8, 4) is 0 Å². The molecular weight excluding hydrogens is 136 g/mol. The highest BCUT2D eigenvalue weighted by Gasteiger charge is 2.59. The first-order valence-electron chi connectivity index (χ1n) is 4.65. The summed E-state index contributed by atoms with van der Waals surface area (Å²) in [4.78, 5) is 0. The van der Waals surface area contributed by atoms with Gasteiger partial charge in [0.2, 0.25) is 0 Å². The van der Waals surface area contributed by atoms with Gasteiger partial charge in [-0.2, -0.15) is 0 Å². The van der Waals surface area contributed by atoms with Gasteiger partial charge in [-0.3, -0.25) is 0 Å². The molecule has 11 heavy (non-hydrogen) atoms. The zero-order valence-corrected chi connectivity index (χ0v) is 7.72. The van der Waals surface area contributed by atoms with Gasteiger partial charge >= 0.3 is 0 Å². The van der Waals surface area contributed by atoms with E-state index in [9.17, 15) is 5.11 Å². The van der Waals surface area contributed by atoms with Crippen molar-refractivity contribution in [3.05, 3.63) is 0 Å². The molecule has 1 nitrogen and oxygen atoms in total. The SMILES string of the molecule is CC1(C)CC2CCC1(C)C2O. The number of rotatable bonds is 0. The van der Waals surface area contributed by atoms with Crippen molar-refractivity contribution in [2.45, 2.75) is 46.1 Å². The summed E-state index contributed by atoms with van der Waals surface area (Å²) < 4.78 is 0. The molecule has 2 fully saturated rings. The molecule has 0 aromatic rings. The molecule has 0 radical (unpaired) electrons. The van der Waals surface area contributed by atoms with E-state index in [0.717, 1.165) is 0 Å². The van der Waals surface area contributed by atoms with Gasteiger partial charge in [-0.25, -0.2) is 0 Å². The fraction of sp³-hybridized carbons (Fsp3) is 1.00. The Labute approximate surface area is 68.8 Å². The maximum atomic E-state index is 9.92. The van der Waals surface area contributed by atoms with Crippen molar-refractivity contribution in [3.63, 3.8) is 0 Å². The maximum Gasteiger partial charge on any atom is 0.0627 e. The second-order valence-corrected chi connectivity index (χ2v) is 5.25. The Morgan fingerprint density at radius 2 is 1.91 bits per heavy atom. The molecule has 0 amide bonds. The van der Waals surface area contributed by atoms with Crippen LogP contribution in [0.5, 0.6) is 0 Å². The Kier molecular flexibility index (Phi) is 1.26. The van der Waals surface area contributed by atoms with E-state index in [0.29, 0.717) is 11.3 Å². The molecule has 2 aliphatic carbocycles. The van der Waals surface area contributed by atoms with Crippen molar-refractivity contribution in [2.24, 2.45) is 16.7 Å². The summed E-state index contributed by atoms with van der Waals surface area (Å²) >= 11 is 0. The fourth-order valence-electron chi connectivity index (χ4n) is 3.15. The first-order chi connectivity index (χ1) is 4.97. The van der Waals surface area contributed by atoms with E-state index in [1.54, 1.807) is 0 Å². The molecule has 2 rings (SSSR count). The number of aliphatic hydroxyl groups excluding tert-OH is 1. The van der Waals surface area contributed by atoms with Gasteiger partial charge in [0.15, 0.2) is 0 Å². The van der Waals surface area contributed by atoms with Crippen LogP contribution in [0, 0.1) is 16.7 Å². The third-order valence-electron chi connectivity index (χ3n) is 4.45. The summed E-state index contributed by atoms with van der Waals surface area (Å²) in [6, 6.07) is 0. The standard InChI is InChI=1S/C10H18O/c1-9(2)6-7-4-5-10(9,3)8(7)11/h7-8,11H,4-6H2,1-3H3. The monoisotopic (exact) mass is 154 g/mol. The maximum absolute atomic E-state index is 9.92. The highest BCUT2D eigenvalue weighted by atomic mass is 16.3. The second-order valence-electron chi connectivity index (χ2n) is 5.25. The van der Waals surface area contributed by atoms with Crippen LogP contribution >= 0.6 is 0 Å². The molecule has 3 atom stereocenters. The van der Waals surface area contributed by atoms with Crippen LogP contribution in [0.3, 0.4) is 0 Å². The molecule has 64 valence electrons. The summed E-state index contributed by atoms with van der Waals surface area (Å²) in [6.45, 7) is 6.86. The lowest BCUT2D eigenvalue weighted by molar-refractivity contribution is 0.0173. The van der Waals surface area contributed by atoms with Crippen molar-refractivity contribution < 1.29 is 5.11 Å². The van der Waals surface area contributed by atoms with E-state index >= 15 is 0 Å². The lowest BCUT2D eigenvalue weighted by Gasteiger charge is -2.39. The molecule has 2 bridgehead atoms. The van der Waals surface area contributed by atoms with Crippen molar-refractivity contribution in [2.75, 3.05) is 0 Å². The number of fused-ring (bicyclic) bond motifs is 2. The minimum Gasteiger partial charge on any atom is -0.392 e. The molecular formula is C10H18O. The fourth-order valence-corrected chi connectivity index (χ4v) is 3.15. The summed E-state index contributed by atoms with van der Waals surface area (Å²) in [5.74, 6) is 0.606. The first-order valence-corrected chi connectivity index (χ1v) is 4.65. The summed E-state index contributed by atoms with van der Waals surface area (Å²) in [5, 5.41) is 9.92. The van der Waals surface area contributed by atoms with Crippen LogP contribution in [0.15, 0.2) is 0 Å². The van der Waals surface area contributed by atoms with E-state index in [1.807, 2.05) is 0 Å². The quantitative estimate of drug-likeness (QED) is 0.567. The molecule has 0 aromatic heterocycles. The largest absolute Gasteiger partial charge is 0.392 e. The number of hydrogen-bond donors (Lipinski definition) is 1. The average molecular weight is 154 g/mol. The van der Waals surface area contributed by atoms with E-state index < -0.39 is 0 Å². The predicted molar refractivity (Wildman–Crippen MR) is 45.2 cm³/mol. The van der Waals surface area contributed by atoms with Crippen LogP contribution in [-0.4, -0.2) is 11.2 Å². The van der Waals surface area contributed by atoms with Gasteiger partial charge in [-0.05, 0) is 36.0 Å². The Bertz CT molecular complexity index is 185. The average Bonchev–Trinajstić information content (AvgIpc) is 2.22. The third kappa shape index (κ3) is 0.703. The Hall–Kier alpha value is -0.0400. The van der Waals surface area contributed by atoms with Gasteiger partial charge in [0.05, 0.1) is 6.10 Å². The van der Waals surface area contributed by atoms with Gasteiger partial charge in [0.25, 0.3) is 0 Å². The normalized spacial score (nSPS) is 53.5. The van der Waals surface area contributed by atoms with Crippen LogP contribution < -0.4 is 0 Å². The molecule has 2 aliphatic rings. The smallest absolute Gasteiger partial charge is 0.0627 e. The lowest BCUT2D eigenvalue weighted by Crippen LogP contribution is -2.35. The number of aliphatic hydroxyl groups is 1. The molecule has 0 saturated heterocycles. The van der Waals surface area contributed by atoms with Crippen molar-refractivity contribution >= 4 is 0 Å². The summed E-state index contributed by atoms with van der Waals surface area (Å²) in [7, 11) is 0. The predicted octanol–water partition coefficient (Wildman–Crippen LogP) is 2.19.